The molecule has 1 heterocycles. The molecule has 0 spiro atoms. The quantitative estimate of drug-likeness (QED) is 0.838. The van der Waals surface area contributed by atoms with Crippen LogP contribution in [-0.2, 0) is 6.54 Å². The van der Waals surface area contributed by atoms with E-state index in [-0.39, 0.29) is 5.54 Å². The van der Waals surface area contributed by atoms with E-state index in [4.69, 9.17) is 5.73 Å². The van der Waals surface area contributed by atoms with Crippen molar-refractivity contribution in [3.05, 3.63) is 35.9 Å². The normalized spacial score (nSPS) is 19.0. The third kappa shape index (κ3) is 4.46. The van der Waals surface area contributed by atoms with Crippen molar-refractivity contribution in [3.63, 3.8) is 0 Å². The van der Waals surface area contributed by atoms with E-state index < -0.39 is 0 Å². The summed E-state index contributed by atoms with van der Waals surface area (Å²) >= 11 is 1.91. The fourth-order valence-corrected chi connectivity index (χ4v) is 3.63. The summed E-state index contributed by atoms with van der Waals surface area (Å²) in [5, 5.41) is 0. The Kier molecular flexibility index (Phi) is 6.55. The predicted molar refractivity (Wildman–Crippen MR) is 93.8 cm³/mol. The Morgan fingerprint density at radius 3 is 2.48 bits per heavy atom. The highest BCUT2D eigenvalue weighted by Crippen LogP contribution is 2.28. The Morgan fingerprint density at radius 1 is 1.24 bits per heavy atom. The highest BCUT2D eigenvalue weighted by atomic mass is 32.2. The van der Waals surface area contributed by atoms with Gasteiger partial charge in [0.15, 0.2) is 0 Å². The number of hydrogen-bond donors (Lipinski definition) is 1. The Bertz CT molecular complexity index is 402. The third-order valence-electron chi connectivity index (χ3n) is 4.86. The van der Waals surface area contributed by atoms with E-state index in [0.717, 1.165) is 32.7 Å². The fourth-order valence-electron chi connectivity index (χ4n) is 3.18. The Hall–Kier alpha value is -0.550. The SMILES string of the molecule is CSCCN(C)C1(CN)CCN(Cc2ccccc2)CC1. The average molecular weight is 308 g/mol. The van der Waals surface area contributed by atoms with E-state index in [1.54, 1.807) is 0 Å². The van der Waals surface area contributed by atoms with Gasteiger partial charge in [0.2, 0.25) is 0 Å². The molecular weight excluding hydrogens is 278 g/mol. The topological polar surface area (TPSA) is 32.5 Å². The Morgan fingerprint density at radius 2 is 1.90 bits per heavy atom. The first kappa shape index (κ1) is 16.8. The first-order valence-electron chi connectivity index (χ1n) is 7.87. The van der Waals surface area contributed by atoms with Gasteiger partial charge >= 0.3 is 0 Å². The van der Waals surface area contributed by atoms with Crippen molar-refractivity contribution in [1.82, 2.24) is 9.80 Å². The van der Waals surface area contributed by atoms with Crippen molar-refractivity contribution in [2.75, 3.05) is 45.2 Å². The molecule has 0 saturated carbocycles. The molecule has 21 heavy (non-hydrogen) atoms. The number of rotatable bonds is 7. The second kappa shape index (κ2) is 8.18. The number of piperidine rings is 1. The molecule has 118 valence electrons. The molecule has 1 aromatic rings. The van der Waals surface area contributed by atoms with Crippen LogP contribution in [0.2, 0.25) is 0 Å². The van der Waals surface area contributed by atoms with Gasteiger partial charge < -0.3 is 5.73 Å². The first-order chi connectivity index (χ1) is 10.2. The van der Waals surface area contributed by atoms with E-state index in [9.17, 15) is 0 Å². The highest BCUT2D eigenvalue weighted by molar-refractivity contribution is 7.98. The molecule has 1 aliphatic rings. The number of nitrogens with zero attached hydrogens (tertiary/aromatic N) is 2. The molecular formula is C17H29N3S. The lowest BCUT2D eigenvalue weighted by molar-refractivity contribution is 0.0468. The summed E-state index contributed by atoms with van der Waals surface area (Å²) in [5.74, 6) is 1.19. The molecule has 3 nitrogen and oxygen atoms in total. The zero-order valence-electron chi connectivity index (χ0n) is 13.4. The highest BCUT2D eigenvalue weighted by Gasteiger charge is 2.36. The second-order valence-corrected chi connectivity index (χ2v) is 7.09. The molecule has 1 aliphatic heterocycles. The van der Waals surface area contributed by atoms with Crippen molar-refractivity contribution in [2.24, 2.45) is 5.73 Å². The molecule has 0 atom stereocenters. The molecule has 2 N–H and O–H groups in total. The lowest BCUT2D eigenvalue weighted by Gasteiger charge is -2.47. The number of hydrogen-bond acceptors (Lipinski definition) is 4. The molecule has 0 unspecified atom stereocenters. The number of thioether (sulfide) groups is 1. The standard InChI is InChI=1S/C17H29N3S/c1-19(12-13-21-2)17(15-18)8-10-20(11-9-17)14-16-6-4-3-5-7-16/h3-7H,8-15,18H2,1-2H3. The number of nitrogens with two attached hydrogens (primary N) is 1. The minimum absolute atomic E-state index is 0.211. The molecule has 4 heteroatoms. The van der Waals surface area contributed by atoms with Crippen LogP contribution in [0.5, 0.6) is 0 Å². The minimum atomic E-state index is 0.211. The molecule has 1 fully saturated rings. The van der Waals surface area contributed by atoms with Gasteiger partial charge in [-0.05, 0) is 31.7 Å². The van der Waals surface area contributed by atoms with Gasteiger partial charge in [0.05, 0.1) is 0 Å². The van der Waals surface area contributed by atoms with Crippen LogP contribution < -0.4 is 5.73 Å². The lowest BCUT2D eigenvalue weighted by Crippen LogP contribution is -2.58. The Labute approximate surface area is 133 Å². The molecule has 2 rings (SSSR count). The lowest BCUT2D eigenvalue weighted by atomic mass is 9.86. The van der Waals surface area contributed by atoms with Crippen molar-refractivity contribution in [2.45, 2.75) is 24.9 Å². The van der Waals surface area contributed by atoms with Gasteiger partial charge in [-0.1, -0.05) is 30.3 Å². The summed E-state index contributed by atoms with van der Waals surface area (Å²) in [6.45, 7) is 5.27. The van der Waals surface area contributed by atoms with Crippen LogP contribution >= 0.6 is 11.8 Å². The maximum Gasteiger partial charge on any atom is 0.0353 e. The second-order valence-electron chi connectivity index (χ2n) is 6.10. The van der Waals surface area contributed by atoms with Gasteiger partial charge in [0, 0.05) is 44.0 Å². The molecule has 0 radical (unpaired) electrons. The summed E-state index contributed by atoms with van der Waals surface area (Å²) in [7, 11) is 2.25. The van der Waals surface area contributed by atoms with Crippen molar-refractivity contribution < 1.29 is 0 Å². The average Bonchev–Trinajstić information content (AvgIpc) is 2.54. The number of benzene rings is 1. The molecule has 1 aromatic carbocycles. The molecule has 0 aliphatic carbocycles. The number of likely N-dealkylation sites (tertiary alicyclic amines) is 1. The van der Waals surface area contributed by atoms with Crippen LogP contribution in [0.4, 0.5) is 0 Å². The van der Waals surface area contributed by atoms with Crippen molar-refractivity contribution in [3.8, 4) is 0 Å². The van der Waals surface area contributed by atoms with E-state index in [1.807, 2.05) is 11.8 Å². The van der Waals surface area contributed by atoms with Gasteiger partial charge in [0.25, 0.3) is 0 Å². The molecule has 1 saturated heterocycles. The van der Waals surface area contributed by atoms with Gasteiger partial charge in [0.1, 0.15) is 0 Å². The maximum atomic E-state index is 6.14. The van der Waals surface area contributed by atoms with Crippen molar-refractivity contribution >= 4 is 11.8 Å². The van der Waals surface area contributed by atoms with Crippen LogP contribution in [0.25, 0.3) is 0 Å². The zero-order chi connectivity index (χ0) is 15.1. The van der Waals surface area contributed by atoms with E-state index in [2.05, 4.69) is 53.4 Å². The van der Waals surface area contributed by atoms with E-state index in [0.29, 0.717) is 0 Å². The third-order valence-corrected chi connectivity index (χ3v) is 5.45. The molecule has 0 bridgehead atoms. The summed E-state index contributed by atoms with van der Waals surface area (Å²) in [6, 6.07) is 10.8. The fraction of sp³-hybridized carbons (Fsp3) is 0.647. The summed E-state index contributed by atoms with van der Waals surface area (Å²) < 4.78 is 0. The van der Waals surface area contributed by atoms with Crippen LogP contribution in [0.15, 0.2) is 30.3 Å². The summed E-state index contributed by atoms with van der Waals surface area (Å²) in [5.41, 5.74) is 7.76. The van der Waals surface area contributed by atoms with Crippen LogP contribution in [0, 0.1) is 0 Å². The molecule has 0 amide bonds. The first-order valence-corrected chi connectivity index (χ1v) is 9.26. The maximum absolute atomic E-state index is 6.14. The van der Waals surface area contributed by atoms with Crippen LogP contribution in [0.1, 0.15) is 18.4 Å². The molecule has 0 aromatic heterocycles. The summed E-state index contributed by atoms with van der Waals surface area (Å²) in [6.07, 6.45) is 4.54. The van der Waals surface area contributed by atoms with Gasteiger partial charge in [-0.25, -0.2) is 0 Å². The zero-order valence-corrected chi connectivity index (χ0v) is 14.2. The van der Waals surface area contributed by atoms with Crippen molar-refractivity contribution in [1.29, 1.82) is 0 Å². The van der Waals surface area contributed by atoms with Gasteiger partial charge in [-0.2, -0.15) is 11.8 Å². The Balaban J connectivity index is 1.88. The van der Waals surface area contributed by atoms with E-state index in [1.165, 1.54) is 24.2 Å². The minimum Gasteiger partial charge on any atom is -0.329 e. The van der Waals surface area contributed by atoms with Crippen LogP contribution in [-0.4, -0.2) is 60.6 Å². The smallest absolute Gasteiger partial charge is 0.0353 e. The monoisotopic (exact) mass is 307 g/mol. The van der Waals surface area contributed by atoms with Crippen LogP contribution in [0.3, 0.4) is 0 Å². The summed E-state index contributed by atoms with van der Waals surface area (Å²) in [4.78, 5) is 5.06. The number of likely N-dealkylation sites (N-methyl/N-ethyl adjacent to an activating group) is 1. The van der Waals surface area contributed by atoms with Gasteiger partial charge in [-0.15, -0.1) is 0 Å². The largest absolute Gasteiger partial charge is 0.329 e. The van der Waals surface area contributed by atoms with E-state index >= 15 is 0 Å². The predicted octanol–water partition coefficient (Wildman–Crippen LogP) is 2.27. The van der Waals surface area contributed by atoms with Gasteiger partial charge in [-0.3, -0.25) is 9.80 Å².